The van der Waals surface area contributed by atoms with Gasteiger partial charge in [0, 0.05) is 26.2 Å². The molecule has 0 aromatic rings. The number of carboxylic acid groups (broad SMARTS) is 1. The highest BCUT2D eigenvalue weighted by molar-refractivity contribution is 5.78. The molecular formula is C13H23N3O3. The Balaban J connectivity index is 1.76. The summed E-state index contributed by atoms with van der Waals surface area (Å²) in [5.41, 5.74) is 0. The zero-order valence-electron chi connectivity index (χ0n) is 11.5. The SMILES string of the molecule is C[C@@H](C(=O)O)N1CCN(C(=O)CN2CCCC2)CC1. The topological polar surface area (TPSA) is 64.1 Å². The van der Waals surface area contributed by atoms with Crippen molar-refractivity contribution in [2.45, 2.75) is 25.8 Å². The monoisotopic (exact) mass is 269 g/mol. The fourth-order valence-electron chi connectivity index (χ4n) is 2.75. The number of carboxylic acids is 1. The minimum Gasteiger partial charge on any atom is -0.480 e. The quantitative estimate of drug-likeness (QED) is 0.759. The highest BCUT2D eigenvalue weighted by Gasteiger charge is 2.28. The van der Waals surface area contributed by atoms with Crippen LogP contribution in [0.15, 0.2) is 0 Å². The summed E-state index contributed by atoms with van der Waals surface area (Å²) in [5, 5.41) is 8.97. The van der Waals surface area contributed by atoms with Crippen LogP contribution in [0.4, 0.5) is 0 Å². The molecule has 19 heavy (non-hydrogen) atoms. The van der Waals surface area contributed by atoms with Crippen LogP contribution in [0.3, 0.4) is 0 Å². The molecular weight excluding hydrogens is 246 g/mol. The second-order valence-electron chi connectivity index (χ2n) is 5.41. The smallest absolute Gasteiger partial charge is 0.320 e. The van der Waals surface area contributed by atoms with Crippen molar-refractivity contribution in [2.24, 2.45) is 0 Å². The molecule has 1 N–H and O–H groups in total. The van der Waals surface area contributed by atoms with Crippen LogP contribution in [-0.4, -0.2) is 83.5 Å². The van der Waals surface area contributed by atoms with E-state index in [9.17, 15) is 9.59 Å². The number of carbonyl (C=O) groups is 2. The molecule has 2 aliphatic rings. The molecule has 1 amide bonds. The van der Waals surface area contributed by atoms with Crippen LogP contribution in [0.25, 0.3) is 0 Å². The molecule has 6 heteroatoms. The predicted octanol–water partition coefficient (Wildman–Crippen LogP) is -0.300. The minimum absolute atomic E-state index is 0.185. The van der Waals surface area contributed by atoms with Crippen molar-refractivity contribution in [3.05, 3.63) is 0 Å². The first-order chi connectivity index (χ1) is 9.08. The van der Waals surface area contributed by atoms with Gasteiger partial charge in [0.05, 0.1) is 6.54 Å². The van der Waals surface area contributed by atoms with Gasteiger partial charge in [-0.05, 0) is 32.9 Å². The molecule has 0 radical (unpaired) electrons. The van der Waals surface area contributed by atoms with Crippen molar-refractivity contribution in [2.75, 3.05) is 45.8 Å². The third-order valence-corrected chi connectivity index (χ3v) is 4.13. The summed E-state index contributed by atoms with van der Waals surface area (Å²) in [6.45, 7) is 6.87. The van der Waals surface area contributed by atoms with Crippen molar-refractivity contribution in [1.82, 2.24) is 14.7 Å². The van der Waals surface area contributed by atoms with Crippen molar-refractivity contribution in [1.29, 1.82) is 0 Å². The Morgan fingerprint density at radius 2 is 1.63 bits per heavy atom. The van der Waals surface area contributed by atoms with Crippen LogP contribution >= 0.6 is 0 Å². The lowest BCUT2D eigenvalue weighted by atomic mass is 10.2. The van der Waals surface area contributed by atoms with Gasteiger partial charge in [-0.1, -0.05) is 0 Å². The van der Waals surface area contributed by atoms with E-state index in [1.807, 2.05) is 9.80 Å². The van der Waals surface area contributed by atoms with Crippen molar-refractivity contribution in [3.8, 4) is 0 Å². The number of likely N-dealkylation sites (tertiary alicyclic amines) is 1. The van der Waals surface area contributed by atoms with E-state index in [0.717, 1.165) is 13.1 Å². The van der Waals surface area contributed by atoms with Gasteiger partial charge in [0.25, 0.3) is 0 Å². The van der Waals surface area contributed by atoms with Crippen molar-refractivity contribution >= 4 is 11.9 Å². The molecule has 1 atom stereocenters. The van der Waals surface area contributed by atoms with E-state index in [1.165, 1.54) is 12.8 Å². The first-order valence-electron chi connectivity index (χ1n) is 7.05. The highest BCUT2D eigenvalue weighted by Crippen LogP contribution is 2.10. The third-order valence-electron chi connectivity index (χ3n) is 4.13. The Bertz CT molecular complexity index is 334. The number of amides is 1. The maximum atomic E-state index is 12.1. The molecule has 0 spiro atoms. The standard InChI is InChI=1S/C13H23N3O3/c1-11(13(18)19)15-6-8-16(9-7-15)12(17)10-14-4-2-3-5-14/h11H,2-10H2,1H3,(H,18,19)/t11-/m0/s1. The van der Waals surface area contributed by atoms with Crippen molar-refractivity contribution in [3.63, 3.8) is 0 Å². The van der Waals surface area contributed by atoms with Crippen molar-refractivity contribution < 1.29 is 14.7 Å². The first kappa shape index (κ1) is 14.3. The number of piperazine rings is 1. The molecule has 2 saturated heterocycles. The Morgan fingerprint density at radius 3 is 2.16 bits per heavy atom. The fourth-order valence-corrected chi connectivity index (χ4v) is 2.75. The van der Waals surface area contributed by atoms with E-state index in [-0.39, 0.29) is 5.91 Å². The van der Waals surface area contributed by atoms with Crippen LogP contribution in [0, 0.1) is 0 Å². The Hall–Kier alpha value is -1.14. The van der Waals surface area contributed by atoms with Crippen LogP contribution in [0.2, 0.25) is 0 Å². The number of rotatable bonds is 4. The molecule has 2 aliphatic heterocycles. The van der Waals surface area contributed by atoms with Gasteiger partial charge in [-0.3, -0.25) is 19.4 Å². The summed E-state index contributed by atoms with van der Waals surface area (Å²) < 4.78 is 0. The average Bonchev–Trinajstić information content (AvgIpc) is 2.90. The highest BCUT2D eigenvalue weighted by atomic mass is 16.4. The zero-order chi connectivity index (χ0) is 13.8. The molecule has 0 bridgehead atoms. The van der Waals surface area contributed by atoms with E-state index < -0.39 is 12.0 Å². The lowest BCUT2D eigenvalue weighted by Gasteiger charge is -2.37. The molecule has 108 valence electrons. The van der Waals surface area contributed by atoms with E-state index >= 15 is 0 Å². The summed E-state index contributed by atoms with van der Waals surface area (Å²) in [5.74, 6) is -0.610. The van der Waals surface area contributed by atoms with E-state index in [1.54, 1.807) is 6.92 Å². The molecule has 6 nitrogen and oxygen atoms in total. The maximum absolute atomic E-state index is 12.1. The molecule has 2 heterocycles. The van der Waals surface area contributed by atoms with Crippen LogP contribution in [-0.2, 0) is 9.59 Å². The van der Waals surface area contributed by atoms with Gasteiger partial charge in [-0.2, -0.15) is 0 Å². The predicted molar refractivity (Wildman–Crippen MR) is 70.9 cm³/mol. The fraction of sp³-hybridized carbons (Fsp3) is 0.846. The molecule has 0 saturated carbocycles. The third kappa shape index (κ3) is 3.67. The molecule has 0 unspecified atom stereocenters. The van der Waals surface area contributed by atoms with Gasteiger partial charge in [0.15, 0.2) is 0 Å². The van der Waals surface area contributed by atoms with E-state index in [2.05, 4.69) is 4.90 Å². The minimum atomic E-state index is -0.795. The largest absolute Gasteiger partial charge is 0.480 e. The van der Waals surface area contributed by atoms with Gasteiger partial charge in [-0.25, -0.2) is 0 Å². The van der Waals surface area contributed by atoms with Gasteiger partial charge in [-0.15, -0.1) is 0 Å². The lowest BCUT2D eigenvalue weighted by Crippen LogP contribution is -2.54. The zero-order valence-corrected chi connectivity index (χ0v) is 11.5. The molecule has 2 fully saturated rings. The number of nitrogens with zero attached hydrogens (tertiary/aromatic N) is 3. The first-order valence-corrected chi connectivity index (χ1v) is 7.05. The number of hydrogen-bond acceptors (Lipinski definition) is 4. The average molecular weight is 269 g/mol. The summed E-state index contributed by atoms with van der Waals surface area (Å²) in [6, 6.07) is -0.462. The number of hydrogen-bond donors (Lipinski definition) is 1. The second-order valence-corrected chi connectivity index (χ2v) is 5.41. The van der Waals surface area contributed by atoms with Crippen LogP contribution in [0.1, 0.15) is 19.8 Å². The summed E-state index contributed by atoms with van der Waals surface area (Å²) >= 11 is 0. The van der Waals surface area contributed by atoms with Gasteiger partial charge in [0.2, 0.25) is 5.91 Å². The number of aliphatic carboxylic acids is 1. The van der Waals surface area contributed by atoms with E-state index in [0.29, 0.717) is 32.7 Å². The van der Waals surface area contributed by atoms with Gasteiger partial charge >= 0.3 is 5.97 Å². The Labute approximate surface area is 114 Å². The Morgan fingerprint density at radius 1 is 1.05 bits per heavy atom. The molecule has 2 rings (SSSR count). The maximum Gasteiger partial charge on any atom is 0.320 e. The summed E-state index contributed by atoms with van der Waals surface area (Å²) in [4.78, 5) is 29.0. The lowest BCUT2D eigenvalue weighted by molar-refractivity contribution is -0.144. The number of carbonyl (C=O) groups excluding carboxylic acids is 1. The Kier molecular flexibility index (Phi) is 4.76. The van der Waals surface area contributed by atoms with Gasteiger partial charge in [0.1, 0.15) is 6.04 Å². The molecule has 0 aromatic carbocycles. The second kappa shape index (κ2) is 6.34. The molecule has 0 aliphatic carbocycles. The van der Waals surface area contributed by atoms with Crippen LogP contribution in [0.5, 0.6) is 0 Å². The molecule has 0 aromatic heterocycles. The summed E-state index contributed by atoms with van der Waals surface area (Å²) in [7, 11) is 0. The normalized spacial score (nSPS) is 23.5. The van der Waals surface area contributed by atoms with Gasteiger partial charge < -0.3 is 10.0 Å². The summed E-state index contributed by atoms with van der Waals surface area (Å²) in [6.07, 6.45) is 2.38. The van der Waals surface area contributed by atoms with Crippen LogP contribution < -0.4 is 0 Å². The van der Waals surface area contributed by atoms with E-state index in [4.69, 9.17) is 5.11 Å².